The van der Waals surface area contributed by atoms with E-state index < -0.39 is 0 Å². The van der Waals surface area contributed by atoms with Gasteiger partial charge in [-0.1, -0.05) is 12.1 Å². The molecule has 2 aromatic rings. The topological polar surface area (TPSA) is 73.3 Å². The summed E-state index contributed by atoms with van der Waals surface area (Å²) in [7, 11) is 3.47. The second kappa shape index (κ2) is 11.8. The Kier molecular flexibility index (Phi) is 9.08. The van der Waals surface area contributed by atoms with E-state index >= 15 is 0 Å². The molecule has 2 aliphatic heterocycles. The summed E-state index contributed by atoms with van der Waals surface area (Å²) in [5.41, 5.74) is 4.48. The Bertz CT molecular complexity index is 976. The number of ether oxygens (including phenoxy) is 4. The molecule has 2 unspecified atom stereocenters. The zero-order chi connectivity index (χ0) is 22.5. The van der Waals surface area contributed by atoms with Crippen LogP contribution in [0, 0.1) is 6.92 Å². The molecule has 0 aromatic heterocycles. The summed E-state index contributed by atoms with van der Waals surface area (Å²) in [5, 5.41) is 6.77. The molecular weight excluding hydrogens is 533 g/mol. The second-order valence-corrected chi connectivity index (χ2v) is 8.40. The summed E-state index contributed by atoms with van der Waals surface area (Å²) in [6.45, 7) is 6.74. The minimum absolute atomic E-state index is 0. The maximum Gasteiger partial charge on any atom is 0.191 e. The van der Waals surface area contributed by atoms with Gasteiger partial charge in [-0.2, -0.15) is 0 Å². The molecule has 4 rings (SSSR count). The number of aryl methyl sites for hydroxylation is 1. The smallest absolute Gasteiger partial charge is 0.191 e. The molecule has 1 saturated heterocycles. The number of aliphatic imine (C=N–C) groups is 1. The van der Waals surface area contributed by atoms with Crippen LogP contribution in [0.3, 0.4) is 0 Å². The van der Waals surface area contributed by atoms with Crippen molar-refractivity contribution >= 4 is 29.9 Å². The molecule has 0 amide bonds. The van der Waals surface area contributed by atoms with Crippen molar-refractivity contribution < 1.29 is 18.9 Å². The van der Waals surface area contributed by atoms with Crippen LogP contribution in [0.5, 0.6) is 17.2 Å². The summed E-state index contributed by atoms with van der Waals surface area (Å²) in [6, 6.07) is 10.4. The fourth-order valence-corrected chi connectivity index (χ4v) is 4.09. The van der Waals surface area contributed by atoms with Gasteiger partial charge in [0.1, 0.15) is 29.5 Å². The first kappa shape index (κ1) is 25.4. The first-order valence-electron chi connectivity index (χ1n) is 11.2. The number of benzene rings is 2. The van der Waals surface area contributed by atoms with Gasteiger partial charge < -0.3 is 29.6 Å². The van der Waals surface area contributed by atoms with Crippen LogP contribution in [-0.2, 0) is 24.2 Å². The molecule has 8 heteroatoms. The highest BCUT2D eigenvalue weighted by Gasteiger charge is 2.22. The Balaban J connectivity index is 0.00000306. The van der Waals surface area contributed by atoms with Crippen LogP contribution in [0.15, 0.2) is 35.3 Å². The first-order chi connectivity index (χ1) is 15.6. The molecule has 0 radical (unpaired) electrons. The molecule has 7 nitrogen and oxygen atoms in total. The number of guanidine groups is 1. The van der Waals surface area contributed by atoms with Crippen LogP contribution < -0.4 is 24.8 Å². The van der Waals surface area contributed by atoms with Gasteiger partial charge in [-0.05, 0) is 37.6 Å². The van der Waals surface area contributed by atoms with E-state index in [1.165, 1.54) is 11.1 Å². The Morgan fingerprint density at radius 2 is 1.91 bits per heavy atom. The molecule has 2 N–H and O–H groups in total. The third-order valence-corrected chi connectivity index (χ3v) is 5.82. The number of halogens is 1. The van der Waals surface area contributed by atoms with Crippen molar-refractivity contribution in [2.75, 3.05) is 27.4 Å². The van der Waals surface area contributed by atoms with Crippen molar-refractivity contribution in [2.45, 2.75) is 52.0 Å². The van der Waals surface area contributed by atoms with Crippen LogP contribution in [0.4, 0.5) is 0 Å². The minimum Gasteiger partial charge on any atom is -0.496 e. The molecule has 0 saturated carbocycles. The molecule has 2 atom stereocenters. The van der Waals surface area contributed by atoms with Crippen LogP contribution in [0.25, 0.3) is 0 Å². The number of hydrogen-bond acceptors (Lipinski definition) is 5. The average Bonchev–Trinajstić information content (AvgIpc) is 3.42. The number of fused-ring (bicyclic) bond motifs is 1. The van der Waals surface area contributed by atoms with E-state index in [1.807, 2.05) is 0 Å². The maximum atomic E-state index is 6.21. The molecule has 0 spiro atoms. The predicted octanol–water partition coefficient (Wildman–Crippen LogP) is 3.98. The first-order valence-corrected chi connectivity index (χ1v) is 11.2. The third-order valence-electron chi connectivity index (χ3n) is 5.82. The van der Waals surface area contributed by atoms with Gasteiger partial charge >= 0.3 is 0 Å². The van der Waals surface area contributed by atoms with Crippen LogP contribution >= 0.6 is 24.0 Å². The summed E-state index contributed by atoms with van der Waals surface area (Å²) in [6.07, 6.45) is 2.16. The Hall–Kier alpha value is -2.20. The fourth-order valence-electron chi connectivity index (χ4n) is 4.09. The van der Waals surface area contributed by atoms with Gasteiger partial charge in [0.05, 0.1) is 20.3 Å². The molecule has 2 aromatic carbocycles. The summed E-state index contributed by atoms with van der Waals surface area (Å²) in [4.78, 5) is 4.37. The zero-order valence-corrected chi connectivity index (χ0v) is 22.1. The van der Waals surface area contributed by atoms with Crippen molar-refractivity contribution in [2.24, 2.45) is 4.99 Å². The summed E-state index contributed by atoms with van der Waals surface area (Å²) < 4.78 is 23.2. The molecule has 2 aliphatic rings. The number of nitrogens with zero attached hydrogens (tertiary/aromatic N) is 1. The standard InChI is InChI=1S/C25H33N3O4.HI/c1-16-5-6-18(23(9-16)32-21-7-8-30-15-21)13-27-25(26-3)28-14-20-12-24-19(10-17(2)31-24)11-22(20)29-4;/h5-6,9,11-12,17,21H,7-8,10,13-15H2,1-4H3,(H2,26,27,28);1H. The number of methoxy groups -OCH3 is 1. The van der Waals surface area contributed by atoms with Crippen molar-refractivity contribution in [3.05, 3.63) is 52.6 Å². The zero-order valence-electron chi connectivity index (χ0n) is 19.8. The van der Waals surface area contributed by atoms with Crippen LogP contribution in [0.1, 0.15) is 35.6 Å². The van der Waals surface area contributed by atoms with E-state index in [4.69, 9.17) is 18.9 Å². The number of nitrogens with one attached hydrogen (secondary N) is 2. The molecular formula is C25H34IN3O4. The van der Waals surface area contributed by atoms with Gasteiger partial charge in [0.25, 0.3) is 0 Å². The highest BCUT2D eigenvalue weighted by Crippen LogP contribution is 2.35. The number of hydrogen-bond donors (Lipinski definition) is 2. The molecule has 0 aliphatic carbocycles. The second-order valence-electron chi connectivity index (χ2n) is 8.40. The Morgan fingerprint density at radius 1 is 1.12 bits per heavy atom. The van der Waals surface area contributed by atoms with E-state index in [0.29, 0.717) is 25.7 Å². The Morgan fingerprint density at radius 3 is 2.61 bits per heavy atom. The average molecular weight is 567 g/mol. The third kappa shape index (κ3) is 6.44. The molecule has 2 heterocycles. The van der Waals surface area contributed by atoms with Gasteiger partial charge in [-0.25, -0.2) is 0 Å². The van der Waals surface area contributed by atoms with Gasteiger partial charge in [-0.15, -0.1) is 24.0 Å². The molecule has 0 bridgehead atoms. The SMILES string of the molecule is CN=C(NCc1cc2c(cc1OC)CC(C)O2)NCc1ccc(C)cc1OC1CCOC1.I. The monoisotopic (exact) mass is 567 g/mol. The Labute approximate surface area is 213 Å². The lowest BCUT2D eigenvalue weighted by Crippen LogP contribution is -2.36. The summed E-state index contributed by atoms with van der Waals surface area (Å²) >= 11 is 0. The van der Waals surface area contributed by atoms with Crippen molar-refractivity contribution in [3.63, 3.8) is 0 Å². The highest BCUT2D eigenvalue weighted by molar-refractivity contribution is 14.0. The van der Waals surface area contributed by atoms with E-state index in [0.717, 1.165) is 47.8 Å². The van der Waals surface area contributed by atoms with Crippen molar-refractivity contribution in [3.8, 4) is 17.2 Å². The van der Waals surface area contributed by atoms with Crippen molar-refractivity contribution in [1.82, 2.24) is 10.6 Å². The van der Waals surface area contributed by atoms with Gasteiger partial charge in [0.15, 0.2) is 5.96 Å². The lowest BCUT2D eigenvalue weighted by Gasteiger charge is -2.18. The minimum atomic E-state index is 0. The van der Waals surface area contributed by atoms with Crippen LogP contribution in [-0.4, -0.2) is 45.5 Å². The van der Waals surface area contributed by atoms with Gasteiger partial charge in [0.2, 0.25) is 0 Å². The fraction of sp³-hybridized carbons (Fsp3) is 0.480. The van der Waals surface area contributed by atoms with E-state index in [9.17, 15) is 0 Å². The molecule has 33 heavy (non-hydrogen) atoms. The van der Waals surface area contributed by atoms with E-state index in [2.05, 4.69) is 59.8 Å². The number of rotatable bonds is 7. The normalized spacial score (nSPS) is 19.3. The predicted molar refractivity (Wildman–Crippen MR) is 140 cm³/mol. The van der Waals surface area contributed by atoms with E-state index in [1.54, 1.807) is 14.2 Å². The largest absolute Gasteiger partial charge is 0.496 e. The van der Waals surface area contributed by atoms with Crippen molar-refractivity contribution in [1.29, 1.82) is 0 Å². The van der Waals surface area contributed by atoms with E-state index in [-0.39, 0.29) is 36.2 Å². The summed E-state index contributed by atoms with van der Waals surface area (Å²) in [5.74, 6) is 3.40. The van der Waals surface area contributed by atoms with Crippen LogP contribution in [0.2, 0.25) is 0 Å². The lowest BCUT2D eigenvalue weighted by atomic mass is 10.1. The lowest BCUT2D eigenvalue weighted by molar-refractivity contribution is 0.140. The van der Waals surface area contributed by atoms with Gasteiger partial charge in [-0.3, -0.25) is 4.99 Å². The maximum absolute atomic E-state index is 6.21. The highest BCUT2D eigenvalue weighted by atomic mass is 127. The van der Waals surface area contributed by atoms with Gasteiger partial charge in [0, 0.05) is 49.7 Å². The quantitative estimate of drug-likeness (QED) is 0.300. The molecule has 1 fully saturated rings. The molecule has 180 valence electrons.